The molecule has 0 fully saturated rings. The number of hydrogen-bond acceptors (Lipinski definition) is 2. The number of hydrogen-bond donors (Lipinski definition) is 0. The maximum absolute atomic E-state index is 14.3. The topological polar surface area (TPSA) is 0 Å². The zero-order valence-corrected chi connectivity index (χ0v) is 12.7. The van der Waals surface area contributed by atoms with Crippen molar-refractivity contribution in [2.45, 2.75) is 13.8 Å². The zero-order chi connectivity index (χ0) is 14.3. The molecule has 0 aliphatic heterocycles. The Bertz CT molecular complexity index is 703. The van der Waals surface area contributed by atoms with E-state index in [1.807, 2.05) is 38.1 Å². The van der Waals surface area contributed by atoms with Crippen molar-refractivity contribution in [2.75, 3.05) is 0 Å². The predicted molar refractivity (Wildman–Crippen MR) is 82.5 cm³/mol. The van der Waals surface area contributed by atoms with Gasteiger partial charge in [-0.1, -0.05) is 0 Å². The summed E-state index contributed by atoms with van der Waals surface area (Å²) in [4.78, 5) is 3.68. The standard InChI is InChI=1S/C16H12F2S2/c1-9-3-5-15(19-9)11-7-14(18)12(8-13(11)17)16-6-4-10(2)20-16/h3-8H,1-2H3. The van der Waals surface area contributed by atoms with E-state index in [0.29, 0.717) is 11.1 Å². The lowest BCUT2D eigenvalue weighted by atomic mass is 10.1. The second-order valence-corrected chi connectivity index (χ2v) is 7.21. The third-order valence-corrected chi connectivity index (χ3v) is 5.14. The summed E-state index contributed by atoms with van der Waals surface area (Å²) in [7, 11) is 0. The first-order valence-electron chi connectivity index (χ1n) is 6.17. The Balaban J connectivity index is 2.11. The number of halogens is 2. The molecule has 0 saturated carbocycles. The summed E-state index contributed by atoms with van der Waals surface area (Å²) < 4.78 is 28.5. The van der Waals surface area contributed by atoms with E-state index in [-0.39, 0.29) is 11.6 Å². The Kier molecular flexibility index (Phi) is 3.44. The summed E-state index contributed by atoms with van der Waals surface area (Å²) >= 11 is 2.93. The Morgan fingerprint density at radius 3 is 1.40 bits per heavy atom. The van der Waals surface area contributed by atoms with Crippen molar-refractivity contribution in [3.63, 3.8) is 0 Å². The monoisotopic (exact) mass is 306 g/mol. The number of aryl methyl sites for hydroxylation is 2. The Labute approximate surface area is 124 Å². The normalized spacial score (nSPS) is 11.0. The van der Waals surface area contributed by atoms with Crippen molar-refractivity contribution in [2.24, 2.45) is 0 Å². The van der Waals surface area contributed by atoms with Gasteiger partial charge in [0, 0.05) is 30.6 Å². The van der Waals surface area contributed by atoms with Crippen molar-refractivity contribution >= 4 is 22.7 Å². The highest BCUT2D eigenvalue weighted by Crippen LogP contribution is 2.36. The average molecular weight is 306 g/mol. The highest BCUT2D eigenvalue weighted by atomic mass is 32.1. The van der Waals surface area contributed by atoms with Crippen molar-refractivity contribution in [1.82, 2.24) is 0 Å². The fraction of sp³-hybridized carbons (Fsp3) is 0.125. The third kappa shape index (κ3) is 2.41. The maximum atomic E-state index is 14.3. The molecule has 4 heteroatoms. The van der Waals surface area contributed by atoms with Crippen LogP contribution in [0.1, 0.15) is 9.75 Å². The van der Waals surface area contributed by atoms with E-state index in [9.17, 15) is 8.78 Å². The first-order valence-corrected chi connectivity index (χ1v) is 7.80. The van der Waals surface area contributed by atoms with Crippen LogP contribution in [0, 0.1) is 25.5 Å². The first kappa shape index (κ1) is 13.5. The van der Waals surface area contributed by atoms with E-state index in [1.54, 1.807) is 0 Å². The van der Waals surface area contributed by atoms with E-state index in [2.05, 4.69) is 0 Å². The molecule has 102 valence electrons. The van der Waals surface area contributed by atoms with Crippen LogP contribution in [0.4, 0.5) is 8.78 Å². The molecule has 3 aromatic rings. The molecule has 0 atom stereocenters. The van der Waals surface area contributed by atoms with Gasteiger partial charge in [-0.05, 0) is 50.2 Å². The van der Waals surface area contributed by atoms with Gasteiger partial charge in [-0.15, -0.1) is 22.7 Å². The predicted octanol–water partition coefficient (Wildman–Crippen LogP) is 6.04. The highest BCUT2D eigenvalue weighted by Gasteiger charge is 2.15. The molecule has 0 bridgehead atoms. The van der Waals surface area contributed by atoms with Crippen molar-refractivity contribution in [3.8, 4) is 20.9 Å². The second kappa shape index (κ2) is 5.11. The molecule has 2 heterocycles. The van der Waals surface area contributed by atoms with Crippen LogP contribution in [-0.2, 0) is 0 Å². The van der Waals surface area contributed by atoms with E-state index in [1.165, 1.54) is 34.8 Å². The number of rotatable bonds is 2. The Morgan fingerprint density at radius 2 is 1.10 bits per heavy atom. The lowest BCUT2D eigenvalue weighted by Crippen LogP contribution is -1.88. The molecule has 0 aliphatic rings. The lowest BCUT2D eigenvalue weighted by Gasteiger charge is -2.05. The molecular weight excluding hydrogens is 294 g/mol. The van der Waals surface area contributed by atoms with Gasteiger partial charge < -0.3 is 0 Å². The molecular formula is C16H12F2S2. The largest absolute Gasteiger partial charge is 0.206 e. The number of thiophene rings is 2. The van der Waals surface area contributed by atoms with Crippen LogP contribution in [0.25, 0.3) is 20.9 Å². The molecule has 0 saturated heterocycles. The van der Waals surface area contributed by atoms with Gasteiger partial charge in [-0.3, -0.25) is 0 Å². The summed E-state index contributed by atoms with van der Waals surface area (Å²) in [6.45, 7) is 3.90. The fourth-order valence-corrected chi connectivity index (χ4v) is 3.85. The van der Waals surface area contributed by atoms with Gasteiger partial charge >= 0.3 is 0 Å². The molecule has 0 spiro atoms. The maximum Gasteiger partial charge on any atom is 0.132 e. The van der Waals surface area contributed by atoms with Gasteiger partial charge in [0.25, 0.3) is 0 Å². The van der Waals surface area contributed by atoms with Crippen LogP contribution in [0.3, 0.4) is 0 Å². The fourth-order valence-electron chi connectivity index (χ4n) is 2.08. The van der Waals surface area contributed by atoms with E-state index in [4.69, 9.17) is 0 Å². The summed E-state index contributed by atoms with van der Waals surface area (Å²) in [6, 6.07) is 10.1. The van der Waals surface area contributed by atoms with E-state index >= 15 is 0 Å². The van der Waals surface area contributed by atoms with Crippen molar-refractivity contribution in [3.05, 3.63) is 57.8 Å². The van der Waals surface area contributed by atoms with Crippen LogP contribution in [0.5, 0.6) is 0 Å². The molecule has 2 aromatic heterocycles. The Hall–Kier alpha value is -1.52. The second-order valence-electron chi connectivity index (χ2n) is 4.63. The molecule has 0 nitrogen and oxygen atoms in total. The molecule has 0 unspecified atom stereocenters. The van der Waals surface area contributed by atoms with Crippen molar-refractivity contribution in [1.29, 1.82) is 0 Å². The van der Waals surface area contributed by atoms with E-state index in [0.717, 1.165) is 19.5 Å². The van der Waals surface area contributed by atoms with Gasteiger partial charge in [0.05, 0.1) is 0 Å². The van der Waals surface area contributed by atoms with Gasteiger partial charge in [0.1, 0.15) is 11.6 Å². The molecule has 20 heavy (non-hydrogen) atoms. The van der Waals surface area contributed by atoms with Gasteiger partial charge in [0.15, 0.2) is 0 Å². The van der Waals surface area contributed by atoms with Gasteiger partial charge in [-0.25, -0.2) is 8.78 Å². The lowest BCUT2D eigenvalue weighted by molar-refractivity contribution is 0.607. The summed E-state index contributed by atoms with van der Waals surface area (Å²) in [5, 5.41) is 0. The van der Waals surface area contributed by atoms with Crippen molar-refractivity contribution < 1.29 is 8.78 Å². The summed E-state index contributed by atoms with van der Waals surface area (Å²) in [5.74, 6) is -0.761. The first-order chi connectivity index (χ1) is 9.54. The Morgan fingerprint density at radius 1 is 0.700 bits per heavy atom. The van der Waals surface area contributed by atoms with Crippen LogP contribution >= 0.6 is 22.7 Å². The van der Waals surface area contributed by atoms with Crippen LogP contribution in [-0.4, -0.2) is 0 Å². The molecule has 1 aromatic carbocycles. The SMILES string of the molecule is Cc1ccc(-c2cc(F)c(-c3ccc(C)s3)cc2F)s1. The highest BCUT2D eigenvalue weighted by molar-refractivity contribution is 7.15. The van der Waals surface area contributed by atoms with Crippen LogP contribution < -0.4 is 0 Å². The van der Waals surface area contributed by atoms with E-state index < -0.39 is 0 Å². The van der Waals surface area contributed by atoms with Crippen LogP contribution in [0.15, 0.2) is 36.4 Å². The van der Waals surface area contributed by atoms with Crippen LogP contribution in [0.2, 0.25) is 0 Å². The minimum Gasteiger partial charge on any atom is -0.206 e. The summed E-state index contributed by atoms with van der Waals surface area (Å²) in [6.07, 6.45) is 0. The molecule has 0 N–H and O–H groups in total. The molecule has 0 aliphatic carbocycles. The smallest absolute Gasteiger partial charge is 0.132 e. The molecule has 3 rings (SSSR count). The minimum atomic E-state index is -0.380. The molecule has 0 amide bonds. The van der Waals surface area contributed by atoms with Gasteiger partial charge in [0.2, 0.25) is 0 Å². The average Bonchev–Trinajstić information content (AvgIpc) is 3.00. The molecule has 0 radical (unpaired) electrons. The zero-order valence-electron chi connectivity index (χ0n) is 11.0. The quantitative estimate of drug-likeness (QED) is 0.541. The number of benzene rings is 1. The summed E-state index contributed by atoms with van der Waals surface area (Å²) in [5.41, 5.74) is 0.662. The van der Waals surface area contributed by atoms with Gasteiger partial charge in [-0.2, -0.15) is 0 Å². The third-order valence-electron chi connectivity index (χ3n) is 3.07. The minimum absolute atomic E-state index is 0.331.